The van der Waals surface area contributed by atoms with Gasteiger partial charge in [0.2, 0.25) is 11.6 Å². The van der Waals surface area contributed by atoms with E-state index in [-0.39, 0.29) is 22.4 Å². The molecule has 0 unspecified atom stereocenters. The fourth-order valence-electron chi connectivity index (χ4n) is 1.02. The molecular formula is C23H50O8. The second kappa shape index (κ2) is 12.2. The van der Waals surface area contributed by atoms with Crippen LogP contribution in [0, 0.1) is 0 Å². The van der Waals surface area contributed by atoms with Crippen molar-refractivity contribution in [3.8, 4) is 0 Å². The molecule has 0 bridgehead atoms. The molecule has 0 aliphatic heterocycles. The van der Waals surface area contributed by atoms with Gasteiger partial charge in [-0.05, 0) is 104 Å². The van der Waals surface area contributed by atoms with Crippen molar-refractivity contribution in [2.24, 2.45) is 0 Å². The van der Waals surface area contributed by atoms with Crippen LogP contribution in [0.3, 0.4) is 0 Å². The van der Waals surface area contributed by atoms with E-state index in [1.54, 1.807) is 20.8 Å². The van der Waals surface area contributed by atoms with Crippen LogP contribution < -0.4 is 0 Å². The maximum Gasteiger partial charge on any atom is 0.231 e. The van der Waals surface area contributed by atoms with E-state index >= 15 is 0 Å². The fraction of sp³-hybridized carbons (Fsp3) is 1.00. The van der Waals surface area contributed by atoms with Crippen molar-refractivity contribution in [1.29, 1.82) is 0 Å². The van der Waals surface area contributed by atoms with Gasteiger partial charge < -0.3 is 0 Å². The topological polar surface area (TPSA) is 73.8 Å². The molecule has 8 heteroatoms. The molecule has 0 radical (unpaired) electrons. The molecule has 8 nitrogen and oxygen atoms in total. The Balaban J connectivity index is 0. The van der Waals surface area contributed by atoms with E-state index in [2.05, 4.69) is 0 Å². The van der Waals surface area contributed by atoms with Crippen LogP contribution in [0.25, 0.3) is 0 Å². The first-order chi connectivity index (χ1) is 13.4. The number of rotatable bonds is 9. The maximum atomic E-state index is 5.29. The third-order valence-electron chi connectivity index (χ3n) is 2.56. The largest absolute Gasteiger partial charge is 0.231 e. The van der Waals surface area contributed by atoms with Gasteiger partial charge >= 0.3 is 0 Å². The van der Waals surface area contributed by atoms with E-state index in [0.29, 0.717) is 6.42 Å². The van der Waals surface area contributed by atoms with Gasteiger partial charge in [-0.1, -0.05) is 6.92 Å². The lowest BCUT2D eigenvalue weighted by Gasteiger charge is -2.31. The Morgan fingerprint density at radius 2 is 0.581 bits per heavy atom. The molecule has 0 rings (SSSR count). The smallest absolute Gasteiger partial charge is 0.228 e. The quantitative estimate of drug-likeness (QED) is 0.213. The lowest BCUT2D eigenvalue weighted by molar-refractivity contribution is -0.536. The molecule has 0 saturated carbocycles. The first kappa shape index (κ1) is 32.9. The molecule has 0 saturated heterocycles. The first-order valence-corrected chi connectivity index (χ1v) is 10.9. The van der Waals surface area contributed by atoms with Crippen molar-refractivity contribution in [2.75, 3.05) is 0 Å². The van der Waals surface area contributed by atoms with Crippen LogP contribution in [0.2, 0.25) is 0 Å². The van der Waals surface area contributed by atoms with E-state index in [1.807, 2.05) is 90.0 Å². The van der Waals surface area contributed by atoms with Crippen molar-refractivity contribution < 1.29 is 39.1 Å². The van der Waals surface area contributed by atoms with Gasteiger partial charge in [0.05, 0.1) is 22.4 Å². The molecule has 0 aliphatic carbocycles. The molecule has 0 aromatic carbocycles. The van der Waals surface area contributed by atoms with E-state index in [0.717, 1.165) is 0 Å². The third kappa shape index (κ3) is 24.2. The molecule has 0 N–H and O–H groups in total. The van der Waals surface area contributed by atoms with Gasteiger partial charge in [0, 0.05) is 6.42 Å². The van der Waals surface area contributed by atoms with E-state index in [9.17, 15) is 0 Å². The van der Waals surface area contributed by atoms with E-state index in [4.69, 9.17) is 39.1 Å². The molecule has 0 spiro atoms. The minimum atomic E-state index is -0.930. The molecule has 0 amide bonds. The summed E-state index contributed by atoms with van der Waals surface area (Å²) in [6.07, 6.45) is 0.624. The Kier molecular flexibility index (Phi) is 13.0. The molecule has 190 valence electrons. The molecule has 0 fully saturated rings. The Labute approximate surface area is 190 Å². The normalized spacial score (nSPS) is 14.3. The van der Waals surface area contributed by atoms with Crippen LogP contribution in [0.1, 0.15) is 117 Å². The van der Waals surface area contributed by atoms with E-state index < -0.39 is 11.6 Å². The monoisotopic (exact) mass is 454 g/mol. The zero-order valence-electron chi connectivity index (χ0n) is 23.0. The average molecular weight is 455 g/mol. The average Bonchev–Trinajstić information content (AvgIpc) is 2.53. The molecule has 0 aliphatic rings. The predicted octanol–water partition coefficient (Wildman–Crippen LogP) is 6.82. The zero-order valence-corrected chi connectivity index (χ0v) is 23.0. The summed E-state index contributed by atoms with van der Waals surface area (Å²) >= 11 is 0. The summed E-state index contributed by atoms with van der Waals surface area (Å²) in [5.41, 5.74) is -1.49. The molecular weight excluding hydrogens is 404 g/mol. The SMILES string of the molecule is CC(C)(C)OOC(C)(C)OOC(C)(C)C.CCC(C)(OOC(C)(C)C)OOC(C)(C)C. The van der Waals surface area contributed by atoms with Crippen molar-refractivity contribution in [1.82, 2.24) is 0 Å². The lowest BCUT2D eigenvalue weighted by Crippen LogP contribution is -2.38. The van der Waals surface area contributed by atoms with Gasteiger partial charge in [-0.15, -0.1) is 0 Å². The summed E-state index contributed by atoms with van der Waals surface area (Å²) in [5.74, 6) is -1.82. The summed E-state index contributed by atoms with van der Waals surface area (Å²) in [4.78, 5) is 41.7. The Morgan fingerprint density at radius 3 is 0.774 bits per heavy atom. The Bertz CT molecular complexity index is 438. The van der Waals surface area contributed by atoms with Gasteiger partial charge in [0.15, 0.2) is 0 Å². The minimum absolute atomic E-state index is 0.373. The fourth-order valence-corrected chi connectivity index (χ4v) is 1.02. The van der Waals surface area contributed by atoms with Gasteiger partial charge in [-0.2, -0.15) is 19.6 Å². The van der Waals surface area contributed by atoms with Crippen molar-refractivity contribution in [3.05, 3.63) is 0 Å². The highest BCUT2D eigenvalue weighted by atomic mass is 17.3. The van der Waals surface area contributed by atoms with Gasteiger partial charge in [0.25, 0.3) is 0 Å². The van der Waals surface area contributed by atoms with Crippen molar-refractivity contribution >= 4 is 0 Å². The van der Waals surface area contributed by atoms with Gasteiger partial charge in [0.1, 0.15) is 0 Å². The highest BCUT2D eigenvalue weighted by molar-refractivity contribution is 4.61. The summed E-state index contributed by atoms with van der Waals surface area (Å²) in [6.45, 7) is 30.0. The zero-order chi connectivity index (χ0) is 25.4. The minimum Gasteiger partial charge on any atom is -0.228 e. The maximum absolute atomic E-state index is 5.29. The summed E-state index contributed by atoms with van der Waals surface area (Å²) in [5, 5.41) is 0. The second-order valence-electron chi connectivity index (χ2n) is 12.0. The van der Waals surface area contributed by atoms with Crippen LogP contribution in [0.15, 0.2) is 0 Å². The first-order valence-electron chi connectivity index (χ1n) is 10.9. The summed E-state index contributed by atoms with van der Waals surface area (Å²) in [7, 11) is 0. The van der Waals surface area contributed by atoms with E-state index in [1.165, 1.54) is 0 Å². The Hall–Kier alpha value is -0.320. The summed E-state index contributed by atoms with van der Waals surface area (Å²) < 4.78 is 0. The van der Waals surface area contributed by atoms with Crippen molar-refractivity contribution in [2.45, 2.75) is 151 Å². The molecule has 0 aromatic rings. The Morgan fingerprint density at radius 1 is 0.355 bits per heavy atom. The predicted molar refractivity (Wildman–Crippen MR) is 120 cm³/mol. The van der Waals surface area contributed by atoms with Crippen LogP contribution in [0.5, 0.6) is 0 Å². The molecule has 0 heterocycles. The highest BCUT2D eigenvalue weighted by Crippen LogP contribution is 2.24. The van der Waals surface area contributed by atoms with Gasteiger partial charge in [-0.25, -0.2) is 19.6 Å². The van der Waals surface area contributed by atoms with Crippen LogP contribution in [-0.4, -0.2) is 34.0 Å². The number of hydrogen-bond donors (Lipinski definition) is 0. The van der Waals surface area contributed by atoms with Crippen LogP contribution in [0.4, 0.5) is 0 Å². The van der Waals surface area contributed by atoms with Crippen LogP contribution in [-0.2, 0) is 39.1 Å². The van der Waals surface area contributed by atoms with Crippen molar-refractivity contribution in [3.63, 3.8) is 0 Å². The third-order valence-corrected chi connectivity index (χ3v) is 2.56. The van der Waals surface area contributed by atoms with Gasteiger partial charge in [-0.3, -0.25) is 0 Å². The highest BCUT2D eigenvalue weighted by Gasteiger charge is 2.32. The lowest BCUT2D eigenvalue weighted by atomic mass is 10.2. The van der Waals surface area contributed by atoms with Crippen LogP contribution >= 0.6 is 0 Å². The molecule has 31 heavy (non-hydrogen) atoms. The summed E-state index contributed by atoms with van der Waals surface area (Å²) in [6, 6.07) is 0. The molecule has 0 aromatic heterocycles. The second-order valence-corrected chi connectivity index (χ2v) is 12.0. The standard InChI is InChI=1S/C12H26O4.C11H24O4/c1-9-12(8,15-13-10(2,3)4)16-14-11(5,6)7;1-9(2,3)12-14-11(7,8)15-13-10(4,5)6/h9H2,1-8H3;1-8H3. The molecule has 0 atom stereocenters. The number of hydrogen-bond acceptors (Lipinski definition) is 8.